The van der Waals surface area contributed by atoms with Gasteiger partial charge in [-0.1, -0.05) is 13.3 Å². The van der Waals surface area contributed by atoms with E-state index < -0.39 is 0 Å². The molecule has 2 aliphatic rings. The van der Waals surface area contributed by atoms with E-state index in [2.05, 4.69) is 35.9 Å². The van der Waals surface area contributed by atoms with E-state index in [-0.39, 0.29) is 0 Å². The van der Waals surface area contributed by atoms with Crippen molar-refractivity contribution in [2.24, 2.45) is 0 Å². The molecule has 0 aromatic heterocycles. The van der Waals surface area contributed by atoms with Gasteiger partial charge in [0.05, 0.1) is 0 Å². The average Bonchev–Trinajstić information content (AvgIpc) is 2.48. The maximum atomic E-state index is 3.72. The van der Waals surface area contributed by atoms with Crippen LogP contribution in [-0.4, -0.2) is 60.6 Å². The van der Waals surface area contributed by atoms with Gasteiger partial charge in [0.1, 0.15) is 0 Å². The van der Waals surface area contributed by atoms with Crippen LogP contribution in [0.15, 0.2) is 0 Å². The lowest BCUT2D eigenvalue weighted by atomic mass is 9.99. The smallest absolute Gasteiger partial charge is 0.0195 e. The van der Waals surface area contributed by atoms with E-state index >= 15 is 0 Å². The van der Waals surface area contributed by atoms with Crippen LogP contribution in [0.1, 0.15) is 59.3 Å². The Hall–Kier alpha value is -0.120. The quantitative estimate of drug-likeness (QED) is 0.807. The maximum Gasteiger partial charge on any atom is 0.0195 e. The number of nitrogens with one attached hydrogen (secondary N) is 1. The number of piperidine rings is 2. The maximum absolute atomic E-state index is 3.72. The largest absolute Gasteiger partial charge is 0.313 e. The van der Waals surface area contributed by atoms with Crippen LogP contribution in [0, 0.1) is 0 Å². The lowest BCUT2D eigenvalue weighted by Crippen LogP contribution is -2.51. The zero-order valence-corrected chi connectivity index (χ0v) is 13.9. The molecule has 0 bridgehead atoms. The van der Waals surface area contributed by atoms with Crippen LogP contribution >= 0.6 is 0 Å². The summed E-state index contributed by atoms with van der Waals surface area (Å²) >= 11 is 0. The molecule has 1 unspecified atom stereocenters. The van der Waals surface area contributed by atoms with Gasteiger partial charge in [0, 0.05) is 24.7 Å². The van der Waals surface area contributed by atoms with E-state index in [9.17, 15) is 0 Å². The highest BCUT2D eigenvalue weighted by molar-refractivity contribution is 4.84. The fraction of sp³-hybridized carbons (Fsp3) is 1.00. The SMILES string of the molecule is CCCN(CC1CCCCN1)C1CCN(C(C)C)CC1. The first kappa shape index (κ1) is 16.3. The summed E-state index contributed by atoms with van der Waals surface area (Å²) in [5, 5.41) is 3.72. The van der Waals surface area contributed by atoms with E-state index in [1.54, 1.807) is 0 Å². The van der Waals surface area contributed by atoms with Gasteiger partial charge in [0.2, 0.25) is 0 Å². The number of hydrogen-bond acceptors (Lipinski definition) is 3. The molecule has 2 heterocycles. The van der Waals surface area contributed by atoms with E-state index in [0.29, 0.717) is 0 Å². The van der Waals surface area contributed by atoms with E-state index in [1.165, 1.54) is 71.2 Å². The molecule has 0 aromatic rings. The normalized spacial score (nSPS) is 26.6. The predicted octanol–water partition coefficient (Wildman–Crippen LogP) is 2.71. The van der Waals surface area contributed by atoms with E-state index in [4.69, 9.17) is 0 Å². The number of likely N-dealkylation sites (tertiary alicyclic amines) is 1. The monoisotopic (exact) mass is 281 g/mol. The summed E-state index contributed by atoms with van der Waals surface area (Å²) in [6.45, 7) is 13.4. The predicted molar refractivity (Wildman–Crippen MR) is 87.2 cm³/mol. The minimum absolute atomic E-state index is 0.718. The zero-order valence-electron chi connectivity index (χ0n) is 13.9. The molecule has 2 fully saturated rings. The Bertz CT molecular complexity index is 253. The highest BCUT2D eigenvalue weighted by Crippen LogP contribution is 2.20. The molecule has 1 atom stereocenters. The standard InChI is InChI=1S/C17H35N3/c1-4-11-20(14-16-7-5-6-10-18-16)17-8-12-19(13-9-17)15(2)3/h15-18H,4-14H2,1-3H3. The summed E-state index contributed by atoms with van der Waals surface area (Å²) < 4.78 is 0. The number of nitrogens with zero attached hydrogens (tertiary/aromatic N) is 2. The van der Waals surface area contributed by atoms with Crippen molar-refractivity contribution in [3.63, 3.8) is 0 Å². The van der Waals surface area contributed by atoms with Crippen LogP contribution in [0.2, 0.25) is 0 Å². The molecule has 0 aliphatic carbocycles. The summed E-state index contributed by atoms with van der Waals surface area (Å²) in [6, 6.07) is 2.29. The molecule has 118 valence electrons. The van der Waals surface area contributed by atoms with Crippen molar-refractivity contribution in [1.29, 1.82) is 0 Å². The van der Waals surface area contributed by atoms with Crippen LogP contribution in [0.4, 0.5) is 0 Å². The van der Waals surface area contributed by atoms with E-state index in [1.807, 2.05) is 0 Å². The molecule has 0 spiro atoms. The molecule has 0 aromatic carbocycles. The van der Waals surface area contributed by atoms with Crippen LogP contribution in [0.3, 0.4) is 0 Å². The highest BCUT2D eigenvalue weighted by Gasteiger charge is 2.27. The van der Waals surface area contributed by atoms with Crippen LogP contribution in [0.25, 0.3) is 0 Å². The molecule has 0 saturated carbocycles. The topological polar surface area (TPSA) is 18.5 Å². The Kier molecular flexibility index (Phi) is 6.79. The Morgan fingerprint density at radius 3 is 2.45 bits per heavy atom. The van der Waals surface area contributed by atoms with Gasteiger partial charge in [-0.05, 0) is 72.1 Å². The fourth-order valence-corrected chi connectivity index (χ4v) is 3.84. The van der Waals surface area contributed by atoms with Crippen molar-refractivity contribution in [2.75, 3.05) is 32.7 Å². The lowest BCUT2D eigenvalue weighted by molar-refractivity contribution is 0.0824. The minimum atomic E-state index is 0.718. The average molecular weight is 281 g/mol. The lowest BCUT2D eigenvalue weighted by Gasteiger charge is -2.41. The third-order valence-electron chi connectivity index (χ3n) is 5.12. The van der Waals surface area contributed by atoms with Crippen molar-refractivity contribution in [3.05, 3.63) is 0 Å². The fourth-order valence-electron chi connectivity index (χ4n) is 3.84. The molecule has 2 aliphatic heterocycles. The number of rotatable bonds is 6. The molecule has 20 heavy (non-hydrogen) atoms. The Labute approximate surface area is 126 Å². The van der Waals surface area contributed by atoms with Crippen LogP contribution < -0.4 is 5.32 Å². The van der Waals surface area contributed by atoms with Gasteiger partial charge in [-0.2, -0.15) is 0 Å². The third-order valence-corrected chi connectivity index (χ3v) is 5.12. The number of hydrogen-bond donors (Lipinski definition) is 1. The van der Waals surface area contributed by atoms with Crippen LogP contribution in [0.5, 0.6) is 0 Å². The first-order valence-electron chi connectivity index (χ1n) is 8.92. The second-order valence-electron chi connectivity index (χ2n) is 7.00. The first-order chi connectivity index (χ1) is 9.70. The second kappa shape index (κ2) is 8.35. The summed E-state index contributed by atoms with van der Waals surface area (Å²) in [7, 11) is 0. The van der Waals surface area contributed by atoms with Gasteiger partial charge in [-0.25, -0.2) is 0 Å². The minimum Gasteiger partial charge on any atom is -0.313 e. The Morgan fingerprint density at radius 1 is 1.15 bits per heavy atom. The summed E-state index contributed by atoms with van der Waals surface area (Å²) in [5.74, 6) is 0. The van der Waals surface area contributed by atoms with Crippen molar-refractivity contribution in [2.45, 2.75) is 77.4 Å². The molecule has 0 amide bonds. The molecule has 0 radical (unpaired) electrons. The van der Waals surface area contributed by atoms with Gasteiger partial charge < -0.3 is 10.2 Å². The molecular weight excluding hydrogens is 246 g/mol. The van der Waals surface area contributed by atoms with Crippen molar-refractivity contribution >= 4 is 0 Å². The van der Waals surface area contributed by atoms with Crippen molar-refractivity contribution < 1.29 is 0 Å². The Balaban J connectivity index is 1.82. The van der Waals surface area contributed by atoms with Gasteiger partial charge in [-0.3, -0.25) is 4.90 Å². The second-order valence-corrected chi connectivity index (χ2v) is 7.00. The molecule has 2 saturated heterocycles. The molecular formula is C17H35N3. The molecule has 1 N–H and O–H groups in total. The third kappa shape index (κ3) is 4.71. The zero-order chi connectivity index (χ0) is 14.4. The molecule has 3 nitrogen and oxygen atoms in total. The summed E-state index contributed by atoms with van der Waals surface area (Å²) in [6.07, 6.45) is 8.19. The van der Waals surface area contributed by atoms with Crippen LogP contribution in [-0.2, 0) is 0 Å². The highest BCUT2D eigenvalue weighted by atomic mass is 15.2. The molecule has 3 heteroatoms. The first-order valence-corrected chi connectivity index (χ1v) is 8.92. The Morgan fingerprint density at radius 2 is 1.90 bits per heavy atom. The van der Waals surface area contributed by atoms with Gasteiger partial charge >= 0.3 is 0 Å². The molecule has 2 rings (SSSR count). The van der Waals surface area contributed by atoms with Gasteiger partial charge in [0.15, 0.2) is 0 Å². The van der Waals surface area contributed by atoms with Crippen molar-refractivity contribution in [1.82, 2.24) is 15.1 Å². The van der Waals surface area contributed by atoms with E-state index in [0.717, 1.165) is 18.1 Å². The summed E-state index contributed by atoms with van der Waals surface area (Å²) in [5.41, 5.74) is 0. The summed E-state index contributed by atoms with van der Waals surface area (Å²) in [4.78, 5) is 5.43. The van der Waals surface area contributed by atoms with Crippen molar-refractivity contribution in [3.8, 4) is 0 Å². The van der Waals surface area contributed by atoms with Gasteiger partial charge in [-0.15, -0.1) is 0 Å². The van der Waals surface area contributed by atoms with Gasteiger partial charge in [0.25, 0.3) is 0 Å².